The lowest BCUT2D eigenvalue weighted by molar-refractivity contribution is 0.0697. The van der Waals surface area contributed by atoms with Crippen molar-refractivity contribution in [1.82, 2.24) is 0 Å². The number of carbonyl (C=O) groups is 1. The predicted molar refractivity (Wildman–Crippen MR) is 79.6 cm³/mol. The van der Waals surface area contributed by atoms with E-state index in [2.05, 4.69) is 21.2 Å². The molecule has 0 heterocycles. The number of halogens is 1. The summed E-state index contributed by atoms with van der Waals surface area (Å²) in [5.41, 5.74) is 3.19. The van der Waals surface area contributed by atoms with Crippen molar-refractivity contribution in [1.29, 1.82) is 0 Å². The zero-order chi connectivity index (χ0) is 13.8. The van der Waals surface area contributed by atoms with Gasteiger partial charge in [-0.3, -0.25) is 0 Å². The van der Waals surface area contributed by atoms with Gasteiger partial charge in [0.1, 0.15) is 0 Å². The van der Waals surface area contributed by atoms with Crippen molar-refractivity contribution in [2.45, 2.75) is 13.5 Å². The topological polar surface area (TPSA) is 49.3 Å². The fourth-order valence-electron chi connectivity index (χ4n) is 1.79. The van der Waals surface area contributed by atoms with Crippen molar-refractivity contribution < 1.29 is 9.90 Å². The third-order valence-electron chi connectivity index (χ3n) is 2.83. The minimum absolute atomic E-state index is 0.259. The van der Waals surface area contributed by atoms with Gasteiger partial charge in [0.05, 0.1) is 11.3 Å². The molecule has 0 aliphatic carbocycles. The van der Waals surface area contributed by atoms with Gasteiger partial charge in [-0.25, -0.2) is 4.79 Å². The molecule has 2 rings (SSSR count). The molecule has 2 N–H and O–H groups in total. The van der Waals surface area contributed by atoms with E-state index < -0.39 is 5.97 Å². The highest BCUT2D eigenvalue weighted by Gasteiger charge is 2.13. The molecule has 0 unspecified atom stereocenters. The lowest BCUT2D eigenvalue weighted by atomic mass is 10.1. The molecule has 3 nitrogen and oxygen atoms in total. The monoisotopic (exact) mass is 319 g/mol. The minimum Gasteiger partial charge on any atom is -0.478 e. The van der Waals surface area contributed by atoms with Gasteiger partial charge >= 0.3 is 5.97 Å². The SMILES string of the molecule is Cc1ccc(CNc2cccc(Br)c2C(=O)O)cc1. The summed E-state index contributed by atoms with van der Waals surface area (Å²) < 4.78 is 0.578. The zero-order valence-corrected chi connectivity index (χ0v) is 12.1. The first kappa shape index (κ1) is 13.6. The summed E-state index contributed by atoms with van der Waals surface area (Å²) in [7, 11) is 0. The Labute approximate surface area is 120 Å². The second-order valence-electron chi connectivity index (χ2n) is 4.31. The molecule has 0 amide bonds. The van der Waals surface area contributed by atoms with Gasteiger partial charge in [0, 0.05) is 11.0 Å². The lowest BCUT2D eigenvalue weighted by Gasteiger charge is -2.11. The Morgan fingerprint density at radius 1 is 1.21 bits per heavy atom. The van der Waals surface area contributed by atoms with Gasteiger partial charge in [0.25, 0.3) is 0 Å². The number of carboxylic acids is 1. The van der Waals surface area contributed by atoms with E-state index in [0.717, 1.165) is 5.56 Å². The van der Waals surface area contributed by atoms with Crippen LogP contribution in [0.2, 0.25) is 0 Å². The van der Waals surface area contributed by atoms with Gasteiger partial charge in [-0.1, -0.05) is 35.9 Å². The van der Waals surface area contributed by atoms with Gasteiger partial charge in [0.15, 0.2) is 0 Å². The first-order valence-electron chi connectivity index (χ1n) is 5.89. The van der Waals surface area contributed by atoms with Crippen LogP contribution in [0.15, 0.2) is 46.9 Å². The second-order valence-corrected chi connectivity index (χ2v) is 5.16. The molecule has 98 valence electrons. The molecule has 0 fully saturated rings. The first-order chi connectivity index (χ1) is 9.08. The van der Waals surface area contributed by atoms with Crippen molar-refractivity contribution in [3.8, 4) is 0 Å². The number of nitrogens with one attached hydrogen (secondary N) is 1. The van der Waals surface area contributed by atoms with E-state index >= 15 is 0 Å². The quantitative estimate of drug-likeness (QED) is 0.893. The third kappa shape index (κ3) is 3.35. The van der Waals surface area contributed by atoms with E-state index in [1.807, 2.05) is 37.3 Å². The van der Waals surface area contributed by atoms with E-state index in [0.29, 0.717) is 16.7 Å². The largest absolute Gasteiger partial charge is 0.478 e. The molecule has 0 saturated heterocycles. The number of aryl methyl sites for hydroxylation is 1. The molecule has 0 bridgehead atoms. The van der Waals surface area contributed by atoms with E-state index in [-0.39, 0.29) is 5.56 Å². The molecule has 0 aliphatic heterocycles. The van der Waals surface area contributed by atoms with Crippen LogP contribution in [0, 0.1) is 6.92 Å². The number of carboxylic acid groups (broad SMARTS) is 1. The van der Waals surface area contributed by atoms with Crippen LogP contribution < -0.4 is 5.32 Å². The molecular weight excluding hydrogens is 306 g/mol. The summed E-state index contributed by atoms with van der Waals surface area (Å²) in [6, 6.07) is 13.4. The summed E-state index contributed by atoms with van der Waals surface area (Å²) in [5.74, 6) is -0.945. The van der Waals surface area contributed by atoms with Crippen molar-refractivity contribution in [2.75, 3.05) is 5.32 Å². The maximum atomic E-state index is 11.2. The van der Waals surface area contributed by atoms with Gasteiger partial charge in [0.2, 0.25) is 0 Å². The van der Waals surface area contributed by atoms with E-state index in [1.165, 1.54) is 5.56 Å². The van der Waals surface area contributed by atoms with Crippen LogP contribution >= 0.6 is 15.9 Å². The number of anilines is 1. The van der Waals surface area contributed by atoms with Crippen LogP contribution in [-0.4, -0.2) is 11.1 Å². The van der Waals surface area contributed by atoms with Crippen LogP contribution in [0.1, 0.15) is 21.5 Å². The second kappa shape index (κ2) is 5.89. The van der Waals surface area contributed by atoms with Gasteiger partial charge in [-0.05, 0) is 40.5 Å². The minimum atomic E-state index is -0.945. The van der Waals surface area contributed by atoms with Crippen LogP contribution in [0.3, 0.4) is 0 Å². The van der Waals surface area contributed by atoms with E-state index in [4.69, 9.17) is 0 Å². The number of aromatic carboxylic acids is 1. The Balaban J connectivity index is 2.18. The Bertz CT molecular complexity index is 594. The van der Waals surface area contributed by atoms with Gasteiger partial charge in [-0.15, -0.1) is 0 Å². The molecular formula is C15H14BrNO2. The number of benzene rings is 2. The normalized spacial score (nSPS) is 10.2. The molecule has 2 aromatic rings. The standard InChI is InChI=1S/C15H14BrNO2/c1-10-5-7-11(8-6-10)9-17-13-4-2-3-12(16)14(13)15(18)19/h2-8,17H,9H2,1H3,(H,18,19). The number of hydrogen-bond donors (Lipinski definition) is 2. The van der Waals surface area contributed by atoms with Crippen LogP contribution in [0.5, 0.6) is 0 Å². The lowest BCUT2D eigenvalue weighted by Crippen LogP contribution is -2.07. The first-order valence-corrected chi connectivity index (χ1v) is 6.68. The van der Waals surface area contributed by atoms with Gasteiger partial charge < -0.3 is 10.4 Å². The Kier molecular flexibility index (Phi) is 4.22. The highest BCUT2D eigenvalue weighted by molar-refractivity contribution is 9.10. The van der Waals surface area contributed by atoms with Crippen LogP contribution in [0.4, 0.5) is 5.69 Å². The molecule has 0 radical (unpaired) electrons. The van der Waals surface area contributed by atoms with Crippen molar-refractivity contribution in [3.05, 3.63) is 63.6 Å². The van der Waals surface area contributed by atoms with Crippen LogP contribution in [0.25, 0.3) is 0 Å². The van der Waals surface area contributed by atoms with E-state index in [9.17, 15) is 9.90 Å². The van der Waals surface area contributed by atoms with Crippen molar-refractivity contribution >= 4 is 27.6 Å². The molecule has 4 heteroatoms. The summed E-state index contributed by atoms with van der Waals surface area (Å²) in [5, 5.41) is 12.4. The summed E-state index contributed by atoms with van der Waals surface area (Å²) >= 11 is 3.26. The molecule has 0 atom stereocenters. The number of rotatable bonds is 4. The maximum absolute atomic E-state index is 11.2. The summed E-state index contributed by atoms with van der Waals surface area (Å²) in [6.07, 6.45) is 0. The highest BCUT2D eigenvalue weighted by Crippen LogP contribution is 2.25. The Hall–Kier alpha value is -1.81. The van der Waals surface area contributed by atoms with E-state index in [1.54, 1.807) is 12.1 Å². The molecule has 2 aromatic carbocycles. The fraction of sp³-hybridized carbons (Fsp3) is 0.133. The van der Waals surface area contributed by atoms with Crippen molar-refractivity contribution in [2.24, 2.45) is 0 Å². The maximum Gasteiger partial charge on any atom is 0.338 e. The summed E-state index contributed by atoms with van der Waals surface area (Å²) in [4.78, 5) is 11.2. The summed E-state index contributed by atoms with van der Waals surface area (Å²) in [6.45, 7) is 2.63. The molecule has 0 aromatic heterocycles. The molecule has 19 heavy (non-hydrogen) atoms. The average molecular weight is 320 g/mol. The molecule has 0 spiro atoms. The van der Waals surface area contributed by atoms with Gasteiger partial charge in [-0.2, -0.15) is 0 Å². The highest BCUT2D eigenvalue weighted by atomic mass is 79.9. The molecule has 0 saturated carbocycles. The zero-order valence-electron chi connectivity index (χ0n) is 10.5. The Morgan fingerprint density at radius 2 is 1.89 bits per heavy atom. The Morgan fingerprint density at radius 3 is 2.53 bits per heavy atom. The fourth-order valence-corrected chi connectivity index (χ4v) is 2.33. The molecule has 0 aliphatic rings. The average Bonchev–Trinajstić information content (AvgIpc) is 2.37. The smallest absolute Gasteiger partial charge is 0.338 e. The van der Waals surface area contributed by atoms with Crippen LogP contribution in [-0.2, 0) is 6.54 Å². The van der Waals surface area contributed by atoms with Crippen molar-refractivity contribution in [3.63, 3.8) is 0 Å². The number of hydrogen-bond acceptors (Lipinski definition) is 2. The predicted octanol–water partition coefficient (Wildman–Crippen LogP) is 4.07. The third-order valence-corrected chi connectivity index (χ3v) is 3.49.